The zero-order valence-electron chi connectivity index (χ0n) is 9.17. The molecule has 3 nitrogen and oxygen atoms in total. The van der Waals surface area contributed by atoms with Crippen molar-refractivity contribution >= 4 is 0 Å². The maximum Gasteiger partial charge on any atom is 0.0589 e. The number of hydrogen-bond acceptors (Lipinski definition) is 3. The quantitative estimate of drug-likeness (QED) is 0.727. The van der Waals surface area contributed by atoms with Gasteiger partial charge in [-0.3, -0.25) is 4.90 Å². The van der Waals surface area contributed by atoms with Crippen LogP contribution in [0.3, 0.4) is 0 Å². The molecule has 2 fully saturated rings. The predicted molar refractivity (Wildman–Crippen MR) is 57.5 cm³/mol. The molecule has 0 unspecified atom stereocenters. The monoisotopic (exact) mass is 198 g/mol. The third-order valence-electron chi connectivity index (χ3n) is 3.59. The summed E-state index contributed by atoms with van der Waals surface area (Å²) in [7, 11) is 1.79. The van der Waals surface area contributed by atoms with Crippen molar-refractivity contribution in [2.75, 3.05) is 33.4 Å². The van der Waals surface area contributed by atoms with Crippen LogP contribution < -0.4 is 5.32 Å². The molecule has 0 spiro atoms. The van der Waals surface area contributed by atoms with E-state index in [1.807, 2.05) is 0 Å². The van der Waals surface area contributed by atoms with Crippen molar-refractivity contribution in [1.82, 2.24) is 10.2 Å². The average molecular weight is 198 g/mol. The largest absolute Gasteiger partial charge is 0.383 e. The van der Waals surface area contributed by atoms with Gasteiger partial charge in [0.05, 0.1) is 6.61 Å². The van der Waals surface area contributed by atoms with E-state index in [9.17, 15) is 0 Å². The van der Waals surface area contributed by atoms with Gasteiger partial charge >= 0.3 is 0 Å². The molecule has 0 amide bonds. The van der Waals surface area contributed by atoms with Gasteiger partial charge in [-0.05, 0) is 12.8 Å². The lowest BCUT2D eigenvalue weighted by Gasteiger charge is -2.44. The first-order valence-electron chi connectivity index (χ1n) is 5.88. The second-order valence-corrected chi connectivity index (χ2v) is 4.44. The number of methoxy groups -OCH3 is 1. The first kappa shape index (κ1) is 10.4. The first-order chi connectivity index (χ1) is 6.92. The average Bonchev–Trinajstić information content (AvgIpc) is 2.26. The van der Waals surface area contributed by atoms with Crippen LogP contribution in [-0.4, -0.2) is 50.3 Å². The van der Waals surface area contributed by atoms with E-state index in [1.54, 1.807) is 7.11 Å². The van der Waals surface area contributed by atoms with E-state index in [0.29, 0.717) is 0 Å². The lowest BCUT2D eigenvalue weighted by molar-refractivity contribution is 0.0601. The van der Waals surface area contributed by atoms with E-state index in [4.69, 9.17) is 4.74 Å². The van der Waals surface area contributed by atoms with Crippen molar-refractivity contribution in [3.8, 4) is 0 Å². The second kappa shape index (κ2) is 5.10. The number of fused-ring (bicyclic) bond motifs is 1. The van der Waals surface area contributed by atoms with Crippen molar-refractivity contribution in [3.63, 3.8) is 0 Å². The lowest BCUT2D eigenvalue weighted by Crippen LogP contribution is -2.59. The fraction of sp³-hybridized carbons (Fsp3) is 1.00. The topological polar surface area (TPSA) is 24.5 Å². The second-order valence-electron chi connectivity index (χ2n) is 4.44. The summed E-state index contributed by atoms with van der Waals surface area (Å²) in [5, 5.41) is 3.64. The Morgan fingerprint density at radius 2 is 2.21 bits per heavy atom. The van der Waals surface area contributed by atoms with Crippen LogP contribution in [0, 0.1) is 0 Å². The molecule has 1 saturated carbocycles. The van der Waals surface area contributed by atoms with E-state index in [1.165, 1.54) is 32.2 Å². The normalized spacial score (nSPS) is 34.1. The van der Waals surface area contributed by atoms with Crippen LogP contribution in [0.15, 0.2) is 0 Å². The molecule has 1 aliphatic heterocycles. The molecule has 2 atom stereocenters. The molecule has 1 aliphatic carbocycles. The van der Waals surface area contributed by atoms with E-state index in [0.717, 1.165) is 31.8 Å². The van der Waals surface area contributed by atoms with Gasteiger partial charge in [-0.15, -0.1) is 0 Å². The molecule has 1 N–H and O–H groups in total. The molecule has 1 heterocycles. The minimum atomic E-state index is 0.759. The highest BCUT2D eigenvalue weighted by molar-refractivity contribution is 4.91. The standard InChI is InChI=1S/C11H22N2O/c1-14-9-8-13-7-6-12-10-4-2-3-5-11(10)13/h10-12H,2-9H2,1H3/t10-,11+/m1/s1. The maximum absolute atomic E-state index is 5.16. The predicted octanol–water partition coefficient (Wildman–Crippen LogP) is 0.849. The van der Waals surface area contributed by atoms with E-state index in [-0.39, 0.29) is 0 Å². The molecule has 0 bridgehead atoms. The molecule has 0 aromatic rings. The molecule has 14 heavy (non-hydrogen) atoms. The van der Waals surface area contributed by atoms with Gasteiger partial charge in [0.25, 0.3) is 0 Å². The number of piperazine rings is 1. The van der Waals surface area contributed by atoms with Crippen LogP contribution in [0.2, 0.25) is 0 Å². The number of nitrogens with one attached hydrogen (secondary N) is 1. The van der Waals surface area contributed by atoms with E-state index in [2.05, 4.69) is 10.2 Å². The molecule has 0 aromatic carbocycles. The molecule has 0 aromatic heterocycles. The fourth-order valence-corrected chi connectivity index (χ4v) is 2.83. The van der Waals surface area contributed by atoms with Crippen LogP contribution in [0.4, 0.5) is 0 Å². The van der Waals surface area contributed by atoms with Gasteiger partial charge in [0, 0.05) is 38.8 Å². The van der Waals surface area contributed by atoms with Gasteiger partial charge in [-0.2, -0.15) is 0 Å². The van der Waals surface area contributed by atoms with Crippen molar-refractivity contribution in [2.45, 2.75) is 37.8 Å². The minimum Gasteiger partial charge on any atom is -0.383 e. The van der Waals surface area contributed by atoms with Gasteiger partial charge in [0.15, 0.2) is 0 Å². The Morgan fingerprint density at radius 3 is 3.07 bits per heavy atom. The summed E-state index contributed by atoms with van der Waals surface area (Å²) in [4.78, 5) is 2.61. The van der Waals surface area contributed by atoms with Crippen molar-refractivity contribution in [2.24, 2.45) is 0 Å². The highest BCUT2D eigenvalue weighted by atomic mass is 16.5. The van der Waals surface area contributed by atoms with Gasteiger partial charge in [0.1, 0.15) is 0 Å². The van der Waals surface area contributed by atoms with Crippen molar-refractivity contribution in [1.29, 1.82) is 0 Å². The Bertz CT molecular complexity index is 173. The Morgan fingerprint density at radius 1 is 1.36 bits per heavy atom. The summed E-state index contributed by atoms with van der Waals surface area (Å²) in [6.45, 7) is 4.35. The maximum atomic E-state index is 5.16. The van der Waals surface area contributed by atoms with Gasteiger partial charge in [-0.25, -0.2) is 0 Å². The van der Waals surface area contributed by atoms with Crippen molar-refractivity contribution < 1.29 is 4.74 Å². The van der Waals surface area contributed by atoms with Crippen LogP contribution in [0.5, 0.6) is 0 Å². The molecule has 82 valence electrons. The third-order valence-corrected chi connectivity index (χ3v) is 3.59. The number of ether oxygens (including phenoxy) is 1. The lowest BCUT2D eigenvalue weighted by atomic mass is 9.87. The number of hydrogen-bond donors (Lipinski definition) is 1. The van der Waals surface area contributed by atoms with Gasteiger partial charge in [0.2, 0.25) is 0 Å². The highest BCUT2D eigenvalue weighted by Gasteiger charge is 2.32. The summed E-state index contributed by atoms with van der Waals surface area (Å²) in [6.07, 6.45) is 5.56. The Balaban J connectivity index is 1.88. The van der Waals surface area contributed by atoms with Crippen LogP contribution in [0.1, 0.15) is 25.7 Å². The fourth-order valence-electron chi connectivity index (χ4n) is 2.83. The molecule has 2 aliphatic rings. The Labute approximate surface area is 86.8 Å². The summed E-state index contributed by atoms with van der Waals surface area (Å²) < 4.78 is 5.16. The minimum absolute atomic E-state index is 0.759. The number of rotatable bonds is 3. The summed E-state index contributed by atoms with van der Waals surface area (Å²) >= 11 is 0. The van der Waals surface area contributed by atoms with Crippen LogP contribution >= 0.6 is 0 Å². The van der Waals surface area contributed by atoms with Crippen molar-refractivity contribution in [3.05, 3.63) is 0 Å². The SMILES string of the molecule is COCCN1CCN[C@@H]2CCCC[C@@H]21. The zero-order chi connectivity index (χ0) is 9.80. The smallest absolute Gasteiger partial charge is 0.0589 e. The van der Waals surface area contributed by atoms with Gasteiger partial charge < -0.3 is 10.1 Å². The molecule has 3 heteroatoms. The Kier molecular flexibility index (Phi) is 3.79. The molecule has 2 rings (SSSR count). The first-order valence-corrected chi connectivity index (χ1v) is 5.88. The van der Waals surface area contributed by atoms with E-state index >= 15 is 0 Å². The zero-order valence-corrected chi connectivity index (χ0v) is 9.17. The molecule has 0 radical (unpaired) electrons. The summed E-state index contributed by atoms with van der Waals surface area (Å²) in [5.41, 5.74) is 0. The van der Waals surface area contributed by atoms with Crippen LogP contribution in [0.25, 0.3) is 0 Å². The molecular formula is C11H22N2O. The highest BCUT2D eigenvalue weighted by Crippen LogP contribution is 2.24. The summed E-state index contributed by atoms with van der Waals surface area (Å²) in [6, 6.07) is 1.54. The Hall–Kier alpha value is -0.120. The third kappa shape index (κ3) is 2.27. The van der Waals surface area contributed by atoms with Crippen LogP contribution in [-0.2, 0) is 4.74 Å². The summed E-state index contributed by atoms with van der Waals surface area (Å²) in [5.74, 6) is 0. The number of nitrogens with zero attached hydrogens (tertiary/aromatic N) is 1. The molecule has 1 saturated heterocycles. The molecular weight excluding hydrogens is 176 g/mol. The van der Waals surface area contributed by atoms with Gasteiger partial charge in [-0.1, -0.05) is 12.8 Å². The van der Waals surface area contributed by atoms with E-state index < -0.39 is 0 Å².